The molecule has 2 unspecified atom stereocenters. The van der Waals surface area contributed by atoms with Crippen molar-refractivity contribution in [2.75, 3.05) is 21.3 Å². The number of nitrogens with one attached hydrogen (secondary N) is 1. The molecule has 1 aliphatic rings. The molecule has 2 atom stereocenters. The molecule has 0 saturated carbocycles. The molecule has 1 saturated heterocycles. The highest BCUT2D eigenvalue weighted by Crippen LogP contribution is 2.53. The van der Waals surface area contributed by atoms with Gasteiger partial charge < -0.3 is 18.6 Å². The average molecular weight is 312 g/mol. The van der Waals surface area contributed by atoms with E-state index in [0.717, 1.165) is 37.6 Å². The minimum absolute atomic E-state index is 0.224. The second-order valence-corrected chi connectivity index (χ2v) is 9.70. The van der Waals surface area contributed by atoms with Crippen LogP contribution in [-0.2, 0) is 19.0 Å². The van der Waals surface area contributed by atoms with Gasteiger partial charge in [0.1, 0.15) is 11.0 Å². The van der Waals surface area contributed by atoms with E-state index in [4.69, 9.17) is 13.6 Å². The Morgan fingerprint density at radius 2 is 2.05 bits per heavy atom. The van der Waals surface area contributed by atoms with Crippen LogP contribution in [0.15, 0.2) is 12.4 Å². The van der Waals surface area contributed by atoms with E-state index in [9.17, 15) is 0 Å². The number of hydrogen-bond acceptors (Lipinski definition) is 4. The van der Waals surface area contributed by atoms with Crippen LogP contribution in [0.2, 0.25) is 6.04 Å². The van der Waals surface area contributed by atoms with Gasteiger partial charge in [0.15, 0.2) is 0 Å². The summed E-state index contributed by atoms with van der Waals surface area (Å²) in [5, 5.41) is -0.436. The van der Waals surface area contributed by atoms with Gasteiger partial charge in [-0.1, -0.05) is 19.8 Å². The molecular weight excluding hydrogens is 284 g/mol. The van der Waals surface area contributed by atoms with Crippen LogP contribution < -0.4 is 0 Å². The highest BCUT2D eigenvalue weighted by molar-refractivity contribution is 6.71. The van der Waals surface area contributed by atoms with Gasteiger partial charge in [0.25, 0.3) is 0 Å². The van der Waals surface area contributed by atoms with Crippen molar-refractivity contribution < 1.29 is 13.6 Å². The smallest absolute Gasteiger partial charge is 0.371 e. The van der Waals surface area contributed by atoms with Crippen molar-refractivity contribution in [3.63, 3.8) is 0 Å². The van der Waals surface area contributed by atoms with Gasteiger partial charge in [-0.2, -0.15) is 0 Å². The van der Waals surface area contributed by atoms with Crippen LogP contribution in [0.1, 0.15) is 45.4 Å². The summed E-state index contributed by atoms with van der Waals surface area (Å²) < 4.78 is 18.3. The van der Waals surface area contributed by atoms with E-state index < -0.39 is 13.8 Å². The molecular formula is C15H28N2O3Si. The van der Waals surface area contributed by atoms with E-state index in [0.29, 0.717) is 0 Å². The molecule has 0 radical (unpaired) electrons. The molecule has 1 aliphatic heterocycles. The number of nitrogens with zero attached hydrogens (tertiary/aromatic N) is 1. The monoisotopic (exact) mass is 312 g/mol. The number of ether oxygens (including phenoxy) is 1. The van der Waals surface area contributed by atoms with Gasteiger partial charge in [0.2, 0.25) is 0 Å². The summed E-state index contributed by atoms with van der Waals surface area (Å²) in [6.07, 6.45) is 7.71. The van der Waals surface area contributed by atoms with Crippen molar-refractivity contribution in [2.45, 2.75) is 56.2 Å². The van der Waals surface area contributed by atoms with Crippen LogP contribution in [-0.4, -0.2) is 45.1 Å². The summed E-state index contributed by atoms with van der Waals surface area (Å²) in [6, 6.07) is 0.962. The maximum Gasteiger partial charge on any atom is 0.371 e. The summed E-state index contributed by atoms with van der Waals surface area (Å²) in [7, 11) is 2.83. The molecule has 2 heterocycles. The van der Waals surface area contributed by atoms with Gasteiger partial charge in [-0.15, -0.1) is 0 Å². The number of aromatic amines is 1. The summed E-state index contributed by atoms with van der Waals surface area (Å²) in [4.78, 5) is 7.85. The summed E-state index contributed by atoms with van der Waals surface area (Å²) in [6.45, 7) is 4.42. The lowest BCUT2D eigenvalue weighted by atomic mass is 9.76. The Kier molecular flexibility index (Phi) is 4.92. The normalized spacial score (nSPS) is 32.2. The number of rotatable bonds is 6. The first-order valence-corrected chi connectivity index (χ1v) is 9.73. The molecule has 1 fully saturated rings. The lowest BCUT2D eigenvalue weighted by Gasteiger charge is -2.57. The minimum atomic E-state index is -2.51. The number of H-pyrrole nitrogens is 1. The molecule has 0 aromatic carbocycles. The predicted molar refractivity (Wildman–Crippen MR) is 84.4 cm³/mol. The SMILES string of the molecule is CCCC1(OC)C(C)(c2ncc[nH]2)CCC[Si]1(OC)OC. The largest absolute Gasteiger partial charge is 0.396 e. The fraction of sp³-hybridized carbons (Fsp3) is 0.800. The van der Waals surface area contributed by atoms with Crippen LogP contribution >= 0.6 is 0 Å². The van der Waals surface area contributed by atoms with Crippen molar-refractivity contribution in [3.05, 3.63) is 18.2 Å². The fourth-order valence-corrected chi connectivity index (χ4v) is 8.60. The van der Waals surface area contributed by atoms with Gasteiger partial charge in [-0.25, -0.2) is 4.98 Å². The van der Waals surface area contributed by atoms with Crippen molar-refractivity contribution in [2.24, 2.45) is 0 Å². The zero-order valence-electron chi connectivity index (χ0n) is 13.9. The molecule has 120 valence electrons. The molecule has 21 heavy (non-hydrogen) atoms. The molecule has 0 amide bonds. The van der Waals surface area contributed by atoms with Crippen LogP contribution in [0.4, 0.5) is 0 Å². The zero-order valence-corrected chi connectivity index (χ0v) is 14.9. The first kappa shape index (κ1) is 16.7. The van der Waals surface area contributed by atoms with Crippen LogP contribution in [0.25, 0.3) is 0 Å². The standard InChI is InChI=1S/C15H28N2O3Si/c1-6-8-15(18-3)14(2,13-16-10-11-17-13)9-7-12-21(15,19-4)20-5/h10-11H,6-9,12H2,1-5H3,(H,16,17). The van der Waals surface area contributed by atoms with Crippen molar-refractivity contribution in [1.29, 1.82) is 0 Å². The Balaban J connectivity index is 2.62. The van der Waals surface area contributed by atoms with E-state index in [1.807, 2.05) is 12.4 Å². The quantitative estimate of drug-likeness (QED) is 0.821. The van der Waals surface area contributed by atoms with E-state index in [1.54, 1.807) is 21.3 Å². The van der Waals surface area contributed by atoms with Crippen LogP contribution in [0.3, 0.4) is 0 Å². The summed E-state index contributed by atoms with van der Waals surface area (Å²) >= 11 is 0. The van der Waals surface area contributed by atoms with Crippen LogP contribution in [0.5, 0.6) is 0 Å². The lowest BCUT2D eigenvalue weighted by molar-refractivity contribution is -0.0680. The summed E-state index contributed by atoms with van der Waals surface area (Å²) in [5.41, 5.74) is -0.224. The van der Waals surface area contributed by atoms with Gasteiger partial charge in [-0.05, 0) is 25.8 Å². The van der Waals surface area contributed by atoms with Crippen LogP contribution in [0, 0.1) is 0 Å². The van der Waals surface area contributed by atoms with E-state index in [-0.39, 0.29) is 5.41 Å². The topological polar surface area (TPSA) is 56.4 Å². The second-order valence-electron chi connectivity index (χ2n) is 6.07. The highest BCUT2D eigenvalue weighted by Gasteiger charge is 2.69. The number of imidazole rings is 1. The molecule has 1 aromatic heterocycles. The Labute approximate surface area is 128 Å². The van der Waals surface area contributed by atoms with Crippen molar-refractivity contribution in [1.82, 2.24) is 9.97 Å². The molecule has 1 N–H and O–H groups in total. The van der Waals surface area contributed by atoms with E-state index >= 15 is 0 Å². The Bertz CT molecular complexity index is 450. The van der Waals surface area contributed by atoms with Gasteiger partial charge in [-0.3, -0.25) is 0 Å². The number of aromatic nitrogens is 2. The molecule has 0 spiro atoms. The highest BCUT2D eigenvalue weighted by atomic mass is 28.4. The molecule has 0 bridgehead atoms. The predicted octanol–water partition coefficient (Wildman–Crippen LogP) is 2.92. The maximum atomic E-state index is 6.21. The summed E-state index contributed by atoms with van der Waals surface area (Å²) in [5.74, 6) is 0.975. The Hall–Kier alpha value is -0.693. The Morgan fingerprint density at radius 1 is 1.33 bits per heavy atom. The van der Waals surface area contributed by atoms with Gasteiger partial charge in [0, 0.05) is 33.7 Å². The molecule has 0 aliphatic carbocycles. The molecule has 6 heteroatoms. The third-order valence-electron chi connectivity index (χ3n) is 5.32. The first-order chi connectivity index (χ1) is 10.1. The fourth-order valence-electron chi connectivity index (χ4n) is 4.29. The number of methoxy groups -OCH3 is 1. The molecule has 1 aromatic rings. The van der Waals surface area contributed by atoms with Crippen molar-refractivity contribution in [3.8, 4) is 0 Å². The van der Waals surface area contributed by atoms with E-state index in [1.165, 1.54) is 0 Å². The van der Waals surface area contributed by atoms with Gasteiger partial charge in [0.05, 0.1) is 5.41 Å². The zero-order chi connectivity index (χ0) is 15.6. The lowest BCUT2D eigenvalue weighted by Crippen LogP contribution is -2.73. The average Bonchev–Trinajstić information content (AvgIpc) is 3.04. The first-order valence-electron chi connectivity index (χ1n) is 7.71. The number of hydrogen-bond donors (Lipinski definition) is 1. The third kappa shape index (κ3) is 2.20. The Morgan fingerprint density at radius 3 is 2.52 bits per heavy atom. The third-order valence-corrected chi connectivity index (χ3v) is 9.89. The molecule has 5 nitrogen and oxygen atoms in total. The van der Waals surface area contributed by atoms with E-state index in [2.05, 4.69) is 23.8 Å². The minimum Gasteiger partial charge on any atom is -0.396 e. The maximum absolute atomic E-state index is 6.21. The second kappa shape index (κ2) is 6.20. The molecule has 2 rings (SSSR count). The van der Waals surface area contributed by atoms with Crippen molar-refractivity contribution >= 4 is 8.56 Å². The van der Waals surface area contributed by atoms with Gasteiger partial charge >= 0.3 is 8.56 Å².